The molecule has 0 bridgehead atoms. The van der Waals surface area contributed by atoms with Gasteiger partial charge in [-0.25, -0.2) is 4.79 Å². The molecule has 31 heavy (non-hydrogen) atoms. The third-order valence-corrected chi connectivity index (χ3v) is 4.81. The van der Waals surface area contributed by atoms with Gasteiger partial charge in [-0.15, -0.1) is 0 Å². The van der Waals surface area contributed by atoms with Gasteiger partial charge < -0.3 is 9.15 Å². The van der Waals surface area contributed by atoms with Crippen LogP contribution in [-0.2, 0) is 14.3 Å². The monoisotopic (exact) mass is 418 g/mol. The number of nitrogens with zero attached hydrogens (tertiary/aromatic N) is 2. The van der Waals surface area contributed by atoms with E-state index >= 15 is 0 Å². The highest BCUT2D eigenvalue weighted by Gasteiger charge is 2.33. The summed E-state index contributed by atoms with van der Waals surface area (Å²) in [6, 6.07) is 12.1. The summed E-state index contributed by atoms with van der Waals surface area (Å²) in [6.07, 6.45) is 1.51. The predicted octanol–water partition coefficient (Wildman–Crippen LogP) is 3.98. The fourth-order valence-corrected chi connectivity index (χ4v) is 3.02. The van der Waals surface area contributed by atoms with E-state index in [1.54, 1.807) is 43.3 Å². The van der Waals surface area contributed by atoms with E-state index in [1.807, 2.05) is 19.9 Å². The molecule has 1 aliphatic heterocycles. The highest BCUT2D eigenvalue weighted by atomic mass is 16.5. The third kappa shape index (κ3) is 4.48. The number of likely N-dealkylation sites (N-methyl/N-ethyl adjacent to an activating group) is 1. The first-order chi connectivity index (χ1) is 14.7. The average molecular weight is 418 g/mol. The van der Waals surface area contributed by atoms with Crippen LogP contribution in [0.15, 0.2) is 57.5 Å². The number of hydrogen-bond donors (Lipinski definition) is 0. The van der Waals surface area contributed by atoms with Crippen molar-refractivity contribution in [2.45, 2.75) is 20.8 Å². The highest BCUT2D eigenvalue weighted by molar-refractivity contribution is 6.19. The summed E-state index contributed by atoms with van der Waals surface area (Å²) in [5.41, 5.74) is 1.67. The summed E-state index contributed by atoms with van der Waals surface area (Å²) in [5.74, 6) is -0.286. The summed E-state index contributed by atoms with van der Waals surface area (Å²) >= 11 is 0. The molecule has 0 aliphatic carbocycles. The van der Waals surface area contributed by atoms with Crippen LogP contribution in [0.4, 0.5) is 0 Å². The molecule has 0 unspecified atom stereocenters. The van der Waals surface area contributed by atoms with Gasteiger partial charge >= 0.3 is 5.97 Å². The Labute approximate surface area is 180 Å². The highest BCUT2D eigenvalue weighted by Crippen LogP contribution is 2.28. The first-order valence-corrected chi connectivity index (χ1v) is 9.75. The summed E-state index contributed by atoms with van der Waals surface area (Å²) in [6.45, 7) is 5.86. The van der Waals surface area contributed by atoms with Crippen molar-refractivity contribution in [1.82, 2.24) is 4.90 Å². The Morgan fingerprint density at radius 1 is 1.16 bits per heavy atom. The Morgan fingerprint density at radius 2 is 1.84 bits per heavy atom. The van der Waals surface area contributed by atoms with Gasteiger partial charge in [-0.1, -0.05) is 26.0 Å². The molecule has 2 heterocycles. The van der Waals surface area contributed by atoms with Crippen molar-refractivity contribution in [3.63, 3.8) is 0 Å². The molecule has 2 aromatic rings. The Balaban J connectivity index is 1.84. The van der Waals surface area contributed by atoms with Crippen molar-refractivity contribution in [3.8, 4) is 17.4 Å². The van der Waals surface area contributed by atoms with Crippen LogP contribution in [0.1, 0.15) is 36.9 Å². The lowest BCUT2D eigenvalue weighted by Crippen LogP contribution is -2.39. The Kier molecular flexibility index (Phi) is 6.21. The maximum atomic E-state index is 12.5. The van der Waals surface area contributed by atoms with Gasteiger partial charge in [0.1, 0.15) is 23.2 Å². The molecule has 0 saturated heterocycles. The smallest absolute Gasteiger partial charge is 0.338 e. The fourth-order valence-electron chi connectivity index (χ4n) is 3.02. The second kappa shape index (κ2) is 8.84. The van der Waals surface area contributed by atoms with Crippen molar-refractivity contribution < 1.29 is 23.5 Å². The molecule has 158 valence electrons. The zero-order valence-electron chi connectivity index (χ0n) is 17.8. The Bertz CT molecular complexity index is 1140. The molecule has 1 aliphatic rings. The van der Waals surface area contributed by atoms with E-state index in [4.69, 9.17) is 9.15 Å². The minimum atomic E-state index is -0.616. The number of carbonyl (C=O) groups is 3. The molecule has 0 spiro atoms. The maximum Gasteiger partial charge on any atom is 0.338 e. The van der Waals surface area contributed by atoms with E-state index in [0.717, 1.165) is 10.5 Å². The van der Waals surface area contributed by atoms with Crippen LogP contribution in [0, 0.1) is 17.2 Å². The van der Waals surface area contributed by atoms with Crippen molar-refractivity contribution in [3.05, 3.63) is 64.4 Å². The number of imide groups is 1. The summed E-state index contributed by atoms with van der Waals surface area (Å²) in [7, 11) is 1.34. The van der Waals surface area contributed by atoms with Crippen LogP contribution in [0.3, 0.4) is 0 Å². The molecule has 3 rings (SSSR count). The molecule has 0 N–H and O–H groups in total. The van der Waals surface area contributed by atoms with E-state index in [9.17, 15) is 19.6 Å². The number of esters is 1. The molecule has 0 radical (unpaired) electrons. The van der Waals surface area contributed by atoms with Crippen LogP contribution in [0.25, 0.3) is 17.4 Å². The largest absolute Gasteiger partial charge is 0.462 e. The molecule has 7 nitrogen and oxygen atoms in total. The molecule has 0 atom stereocenters. The normalized spacial score (nSPS) is 15.6. The number of benzene rings is 1. The van der Waals surface area contributed by atoms with Crippen LogP contribution >= 0.6 is 0 Å². The summed E-state index contributed by atoms with van der Waals surface area (Å²) < 4.78 is 11.0. The van der Waals surface area contributed by atoms with E-state index in [-0.39, 0.29) is 23.0 Å². The number of furan rings is 1. The maximum absolute atomic E-state index is 12.5. The minimum Gasteiger partial charge on any atom is -0.462 e. The number of rotatable bonds is 5. The lowest BCUT2D eigenvalue weighted by atomic mass is 9.95. The number of carbonyl (C=O) groups excluding carboxylic acids is 3. The van der Waals surface area contributed by atoms with Crippen molar-refractivity contribution in [1.29, 1.82) is 5.26 Å². The van der Waals surface area contributed by atoms with Gasteiger partial charge in [-0.3, -0.25) is 14.5 Å². The van der Waals surface area contributed by atoms with E-state index in [0.29, 0.717) is 29.3 Å². The van der Waals surface area contributed by atoms with Gasteiger partial charge in [0.15, 0.2) is 0 Å². The summed E-state index contributed by atoms with van der Waals surface area (Å²) in [5, 5.41) is 9.24. The molecular formula is C24H22N2O5. The average Bonchev–Trinajstić information content (AvgIpc) is 3.23. The zero-order chi connectivity index (χ0) is 22.7. The van der Waals surface area contributed by atoms with Gasteiger partial charge in [-0.2, -0.15) is 5.26 Å². The van der Waals surface area contributed by atoms with Gasteiger partial charge in [0.25, 0.3) is 11.8 Å². The lowest BCUT2D eigenvalue weighted by molar-refractivity contribution is -0.138. The molecular weight excluding hydrogens is 396 g/mol. The first kappa shape index (κ1) is 21.8. The molecule has 0 saturated carbocycles. The van der Waals surface area contributed by atoms with Gasteiger partial charge in [0, 0.05) is 18.2 Å². The fraction of sp³-hybridized carbons (Fsp3) is 0.250. The summed E-state index contributed by atoms with van der Waals surface area (Å²) in [4.78, 5) is 37.5. The van der Waals surface area contributed by atoms with Gasteiger partial charge in [0.05, 0.1) is 12.2 Å². The van der Waals surface area contributed by atoms with Gasteiger partial charge in [-0.05, 0) is 48.8 Å². The second-order valence-electron chi connectivity index (χ2n) is 7.61. The topological polar surface area (TPSA) is 101 Å². The minimum absolute atomic E-state index is 0.0694. The lowest BCUT2D eigenvalue weighted by Gasteiger charge is -2.23. The SMILES string of the molecule is CC1=C(C#N)C(=O)N(C)C(=O)/C1=C/c1ccc(-c2ccc(C(=O)OCC(C)C)cc2)o1. The van der Waals surface area contributed by atoms with Crippen LogP contribution in [0.2, 0.25) is 0 Å². The number of amides is 2. The van der Waals surface area contributed by atoms with E-state index in [1.165, 1.54) is 13.1 Å². The number of nitriles is 1. The van der Waals surface area contributed by atoms with Crippen LogP contribution in [0.5, 0.6) is 0 Å². The molecule has 2 amide bonds. The standard InChI is InChI=1S/C24H22N2O5/c1-14(2)13-30-24(29)17-7-5-16(6-8-17)21-10-9-18(31-21)11-19-15(3)20(12-25)23(28)26(4)22(19)27/h5-11,14H,13H2,1-4H3/b19-11+. The third-order valence-electron chi connectivity index (χ3n) is 4.81. The number of hydrogen-bond acceptors (Lipinski definition) is 6. The quantitative estimate of drug-likeness (QED) is 0.414. The van der Waals surface area contributed by atoms with Crippen molar-refractivity contribution >= 4 is 23.9 Å². The number of ether oxygens (including phenoxy) is 1. The van der Waals surface area contributed by atoms with Crippen molar-refractivity contribution in [2.24, 2.45) is 5.92 Å². The first-order valence-electron chi connectivity index (χ1n) is 9.75. The molecule has 1 aromatic carbocycles. The second-order valence-corrected chi connectivity index (χ2v) is 7.61. The molecule has 0 fully saturated rings. The van der Waals surface area contributed by atoms with Crippen LogP contribution < -0.4 is 0 Å². The van der Waals surface area contributed by atoms with E-state index in [2.05, 4.69) is 0 Å². The Hall–Kier alpha value is -3.92. The molecule has 1 aromatic heterocycles. The van der Waals surface area contributed by atoms with Crippen molar-refractivity contribution in [2.75, 3.05) is 13.7 Å². The van der Waals surface area contributed by atoms with Crippen LogP contribution in [-0.4, -0.2) is 36.3 Å². The predicted molar refractivity (Wildman–Crippen MR) is 113 cm³/mol. The zero-order valence-corrected chi connectivity index (χ0v) is 17.8. The van der Waals surface area contributed by atoms with E-state index < -0.39 is 11.8 Å². The molecule has 7 heteroatoms. The Morgan fingerprint density at radius 3 is 2.45 bits per heavy atom. The van der Waals surface area contributed by atoms with Gasteiger partial charge in [0.2, 0.25) is 0 Å².